The fraction of sp³-hybridized carbons (Fsp3) is 0.643. The highest BCUT2D eigenvalue weighted by molar-refractivity contribution is 5.41. The van der Waals surface area contributed by atoms with Gasteiger partial charge in [-0.25, -0.2) is 0 Å². The first kappa shape index (κ1) is 14.2. The number of ether oxygens (including phenoxy) is 2. The molecule has 0 amide bonds. The Morgan fingerprint density at radius 2 is 2.32 bits per heavy atom. The fourth-order valence-corrected chi connectivity index (χ4v) is 2.49. The average Bonchev–Trinajstić information content (AvgIpc) is 2.43. The van der Waals surface area contributed by atoms with Gasteiger partial charge in [-0.15, -0.1) is 0 Å². The van der Waals surface area contributed by atoms with Gasteiger partial charge in [0.1, 0.15) is 5.75 Å². The fourth-order valence-electron chi connectivity index (χ4n) is 2.49. The van der Waals surface area contributed by atoms with Crippen LogP contribution in [0.15, 0.2) is 6.20 Å². The number of hydrogen-bond acceptors (Lipinski definition) is 5. The summed E-state index contributed by atoms with van der Waals surface area (Å²) in [4.78, 5) is 6.72. The number of rotatable bonds is 4. The second kappa shape index (κ2) is 6.32. The maximum absolute atomic E-state index is 9.39. The SMILES string of the molecule is COc1c(C)cnc(CN2CCOCC2CO)c1C. The summed E-state index contributed by atoms with van der Waals surface area (Å²) in [5.74, 6) is 0.902. The summed E-state index contributed by atoms with van der Waals surface area (Å²) in [5, 5.41) is 9.39. The van der Waals surface area contributed by atoms with E-state index in [0.717, 1.165) is 35.7 Å². The highest BCUT2D eigenvalue weighted by Crippen LogP contribution is 2.25. The summed E-state index contributed by atoms with van der Waals surface area (Å²) in [7, 11) is 1.68. The Labute approximate surface area is 114 Å². The molecule has 0 bridgehead atoms. The first-order chi connectivity index (χ1) is 9.17. The number of methoxy groups -OCH3 is 1. The van der Waals surface area contributed by atoms with Gasteiger partial charge in [-0.3, -0.25) is 9.88 Å². The van der Waals surface area contributed by atoms with E-state index in [1.807, 2.05) is 20.0 Å². The Hall–Kier alpha value is -1.17. The molecule has 1 aliphatic heterocycles. The molecule has 1 unspecified atom stereocenters. The smallest absolute Gasteiger partial charge is 0.128 e. The van der Waals surface area contributed by atoms with Crippen LogP contribution in [0.3, 0.4) is 0 Å². The number of aliphatic hydroxyl groups is 1. The number of nitrogens with zero attached hydrogens (tertiary/aromatic N) is 2. The van der Waals surface area contributed by atoms with Gasteiger partial charge in [0.15, 0.2) is 0 Å². The van der Waals surface area contributed by atoms with E-state index in [1.165, 1.54) is 0 Å². The van der Waals surface area contributed by atoms with E-state index in [2.05, 4.69) is 9.88 Å². The molecule has 106 valence electrons. The van der Waals surface area contributed by atoms with E-state index in [1.54, 1.807) is 7.11 Å². The molecule has 1 atom stereocenters. The van der Waals surface area contributed by atoms with E-state index >= 15 is 0 Å². The molecule has 5 heteroatoms. The molecule has 5 nitrogen and oxygen atoms in total. The topological polar surface area (TPSA) is 54.8 Å². The van der Waals surface area contributed by atoms with Gasteiger partial charge in [0.05, 0.1) is 38.7 Å². The minimum Gasteiger partial charge on any atom is -0.496 e. The standard InChI is InChI=1S/C14H22N2O3/c1-10-6-15-13(11(2)14(10)18-3)7-16-4-5-19-9-12(16)8-17/h6,12,17H,4-5,7-9H2,1-3H3. The van der Waals surface area contributed by atoms with Crippen LogP contribution in [0.5, 0.6) is 5.75 Å². The lowest BCUT2D eigenvalue weighted by atomic mass is 10.1. The van der Waals surface area contributed by atoms with Crippen LogP contribution < -0.4 is 4.74 Å². The third-order valence-corrected chi connectivity index (χ3v) is 3.66. The molecule has 1 saturated heterocycles. The van der Waals surface area contributed by atoms with Crippen LogP contribution >= 0.6 is 0 Å². The Morgan fingerprint density at radius 3 is 3.00 bits per heavy atom. The zero-order valence-corrected chi connectivity index (χ0v) is 11.8. The molecule has 0 saturated carbocycles. The normalized spacial score (nSPS) is 20.5. The summed E-state index contributed by atoms with van der Waals surface area (Å²) in [6.45, 7) is 6.97. The first-order valence-electron chi connectivity index (χ1n) is 6.59. The van der Waals surface area contributed by atoms with Gasteiger partial charge < -0.3 is 14.6 Å². The Balaban J connectivity index is 2.18. The molecule has 2 heterocycles. The predicted octanol–water partition coefficient (Wildman–Crippen LogP) is 0.900. The van der Waals surface area contributed by atoms with Crippen LogP contribution in [0, 0.1) is 13.8 Å². The van der Waals surface area contributed by atoms with Crippen LogP contribution in [-0.4, -0.2) is 54.5 Å². The first-order valence-corrected chi connectivity index (χ1v) is 6.59. The second-order valence-electron chi connectivity index (χ2n) is 4.93. The van der Waals surface area contributed by atoms with Gasteiger partial charge in [0, 0.05) is 30.4 Å². The van der Waals surface area contributed by atoms with Gasteiger partial charge in [-0.05, 0) is 13.8 Å². The number of aromatic nitrogens is 1. The third-order valence-electron chi connectivity index (χ3n) is 3.66. The minimum atomic E-state index is 0.0576. The van der Waals surface area contributed by atoms with Gasteiger partial charge >= 0.3 is 0 Å². The van der Waals surface area contributed by atoms with Gasteiger partial charge in [0.25, 0.3) is 0 Å². The lowest BCUT2D eigenvalue weighted by Gasteiger charge is -2.34. The van der Waals surface area contributed by atoms with Gasteiger partial charge in [0.2, 0.25) is 0 Å². The molecule has 0 radical (unpaired) electrons. The van der Waals surface area contributed by atoms with E-state index in [-0.39, 0.29) is 12.6 Å². The monoisotopic (exact) mass is 266 g/mol. The van der Waals surface area contributed by atoms with Crippen molar-refractivity contribution in [1.29, 1.82) is 0 Å². The van der Waals surface area contributed by atoms with Crippen LogP contribution in [-0.2, 0) is 11.3 Å². The van der Waals surface area contributed by atoms with Crippen LogP contribution in [0.2, 0.25) is 0 Å². The Morgan fingerprint density at radius 1 is 1.53 bits per heavy atom. The van der Waals surface area contributed by atoms with Crippen molar-refractivity contribution in [3.05, 3.63) is 23.0 Å². The summed E-state index contributed by atoms with van der Waals surface area (Å²) >= 11 is 0. The molecule has 0 aliphatic carbocycles. The maximum Gasteiger partial charge on any atom is 0.128 e. The van der Waals surface area contributed by atoms with Crippen molar-refractivity contribution in [1.82, 2.24) is 9.88 Å². The molecular formula is C14H22N2O3. The predicted molar refractivity (Wildman–Crippen MR) is 72.4 cm³/mol. The van der Waals surface area contributed by atoms with E-state index in [9.17, 15) is 5.11 Å². The van der Waals surface area contributed by atoms with Crippen molar-refractivity contribution < 1.29 is 14.6 Å². The number of hydrogen-bond donors (Lipinski definition) is 1. The number of aliphatic hydroxyl groups excluding tert-OH is 1. The Kier molecular flexibility index (Phi) is 4.74. The Bertz CT molecular complexity index is 437. The quantitative estimate of drug-likeness (QED) is 0.877. The molecule has 0 spiro atoms. The number of aryl methyl sites for hydroxylation is 1. The molecular weight excluding hydrogens is 244 g/mol. The zero-order valence-electron chi connectivity index (χ0n) is 11.8. The van der Waals surface area contributed by atoms with E-state index in [0.29, 0.717) is 13.2 Å². The van der Waals surface area contributed by atoms with Crippen molar-refractivity contribution in [3.8, 4) is 5.75 Å². The minimum absolute atomic E-state index is 0.0576. The largest absolute Gasteiger partial charge is 0.496 e. The van der Waals surface area contributed by atoms with Crippen LogP contribution in [0.1, 0.15) is 16.8 Å². The third kappa shape index (κ3) is 3.05. The second-order valence-corrected chi connectivity index (χ2v) is 4.93. The molecule has 1 aromatic heterocycles. The van der Waals surface area contributed by atoms with Crippen molar-refractivity contribution in [3.63, 3.8) is 0 Å². The molecule has 1 aliphatic rings. The highest BCUT2D eigenvalue weighted by Gasteiger charge is 2.23. The molecule has 0 aromatic carbocycles. The van der Waals surface area contributed by atoms with Crippen molar-refractivity contribution in [2.75, 3.05) is 33.5 Å². The maximum atomic E-state index is 9.39. The molecule has 2 rings (SSSR count). The lowest BCUT2D eigenvalue weighted by molar-refractivity contribution is -0.0318. The van der Waals surface area contributed by atoms with Crippen molar-refractivity contribution in [2.45, 2.75) is 26.4 Å². The number of pyridine rings is 1. The molecule has 1 N–H and O–H groups in total. The summed E-state index contributed by atoms with van der Waals surface area (Å²) < 4.78 is 10.8. The average molecular weight is 266 g/mol. The molecule has 1 aromatic rings. The van der Waals surface area contributed by atoms with Crippen LogP contribution in [0.4, 0.5) is 0 Å². The summed E-state index contributed by atoms with van der Waals surface area (Å²) in [6.07, 6.45) is 1.84. The van der Waals surface area contributed by atoms with E-state index in [4.69, 9.17) is 9.47 Å². The lowest BCUT2D eigenvalue weighted by Crippen LogP contribution is -2.47. The summed E-state index contributed by atoms with van der Waals surface area (Å²) in [5.41, 5.74) is 3.12. The molecule has 19 heavy (non-hydrogen) atoms. The summed E-state index contributed by atoms with van der Waals surface area (Å²) in [6, 6.07) is 0.0576. The highest BCUT2D eigenvalue weighted by atomic mass is 16.5. The number of morpholine rings is 1. The van der Waals surface area contributed by atoms with E-state index < -0.39 is 0 Å². The van der Waals surface area contributed by atoms with Gasteiger partial charge in [-0.2, -0.15) is 0 Å². The van der Waals surface area contributed by atoms with Gasteiger partial charge in [-0.1, -0.05) is 0 Å². The molecule has 1 fully saturated rings. The van der Waals surface area contributed by atoms with Crippen LogP contribution in [0.25, 0.3) is 0 Å². The zero-order chi connectivity index (χ0) is 13.8. The van der Waals surface area contributed by atoms with Crippen molar-refractivity contribution in [2.24, 2.45) is 0 Å². The van der Waals surface area contributed by atoms with Crippen molar-refractivity contribution >= 4 is 0 Å².